The maximum Gasteiger partial charge on any atom is 0.235 e. The molecule has 3 heterocycles. The summed E-state index contributed by atoms with van der Waals surface area (Å²) in [4.78, 5) is 10.7. The SMILES string of the molecule is CC1(C)c2ccccc2-c2c1c1c3ccccc3sc1c1c2c2ccccc2n1-c1nc(-c2ccccc2)cc(-c2ccccc2)n1. The van der Waals surface area contributed by atoms with Crippen LogP contribution in [0.25, 0.3) is 81.6 Å². The van der Waals surface area contributed by atoms with Gasteiger partial charge in [-0.15, -0.1) is 11.3 Å². The molecule has 0 aliphatic heterocycles. The van der Waals surface area contributed by atoms with Gasteiger partial charge in [-0.05, 0) is 40.5 Å². The summed E-state index contributed by atoms with van der Waals surface area (Å²) in [7, 11) is 0. The molecule has 0 spiro atoms. The molecule has 0 atom stereocenters. The van der Waals surface area contributed by atoms with Crippen LogP contribution in [0.2, 0.25) is 0 Å². The molecule has 0 unspecified atom stereocenters. The number of hydrogen-bond donors (Lipinski definition) is 0. The van der Waals surface area contributed by atoms with E-state index in [1.807, 2.05) is 11.3 Å². The van der Waals surface area contributed by atoms with E-state index < -0.39 is 0 Å². The summed E-state index contributed by atoms with van der Waals surface area (Å²) in [5, 5.41) is 5.16. The van der Waals surface area contributed by atoms with Crippen molar-refractivity contribution in [1.82, 2.24) is 14.5 Å². The lowest BCUT2D eigenvalue weighted by molar-refractivity contribution is 0.667. The van der Waals surface area contributed by atoms with Crippen LogP contribution in [0.3, 0.4) is 0 Å². The Bertz CT molecular complexity index is 2640. The van der Waals surface area contributed by atoms with Crippen molar-refractivity contribution in [2.75, 3.05) is 0 Å². The van der Waals surface area contributed by atoms with Crippen molar-refractivity contribution in [2.24, 2.45) is 0 Å². The molecular weight excluding hydrogens is 591 g/mol. The molecule has 1 aliphatic carbocycles. The smallest absolute Gasteiger partial charge is 0.235 e. The van der Waals surface area contributed by atoms with Gasteiger partial charge in [0.05, 0.1) is 27.1 Å². The maximum atomic E-state index is 5.36. The molecule has 0 amide bonds. The topological polar surface area (TPSA) is 30.7 Å². The van der Waals surface area contributed by atoms with E-state index >= 15 is 0 Å². The van der Waals surface area contributed by atoms with Crippen LogP contribution in [0.5, 0.6) is 0 Å². The Morgan fingerprint density at radius 1 is 0.596 bits per heavy atom. The Balaban J connectivity index is 1.44. The maximum absolute atomic E-state index is 5.36. The quantitative estimate of drug-likeness (QED) is 0.197. The van der Waals surface area contributed by atoms with E-state index in [-0.39, 0.29) is 5.41 Å². The van der Waals surface area contributed by atoms with E-state index in [4.69, 9.17) is 9.97 Å². The zero-order chi connectivity index (χ0) is 31.3. The van der Waals surface area contributed by atoms with E-state index in [1.54, 1.807) is 0 Å². The molecular formula is C43H29N3S. The summed E-state index contributed by atoms with van der Waals surface area (Å²) in [5.74, 6) is 0.681. The Kier molecular flexibility index (Phi) is 5.50. The molecule has 0 fully saturated rings. The van der Waals surface area contributed by atoms with Crippen molar-refractivity contribution in [2.45, 2.75) is 19.3 Å². The highest BCUT2D eigenvalue weighted by atomic mass is 32.1. The summed E-state index contributed by atoms with van der Waals surface area (Å²) < 4.78 is 4.92. The Hall–Kier alpha value is -5.58. The minimum Gasteiger partial charge on any atom is -0.276 e. The standard InChI is InChI=1S/C43H29N3S/c1-43(2)31-22-12-9-19-28(31)36-37-29-20-10-13-23-34(29)46(40(37)41-38(39(36)43)30-21-11-14-24-35(30)47-41)42-44-32(26-15-5-3-6-16-26)25-33(45-42)27-17-7-4-8-18-27/h3-25H,1-2H3. The highest BCUT2D eigenvalue weighted by molar-refractivity contribution is 7.26. The third kappa shape index (κ3) is 3.67. The highest BCUT2D eigenvalue weighted by Gasteiger charge is 2.40. The van der Waals surface area contributed by atoms with E-state index in [1.165, 1.54) is 58.7 Å². The van der Waals surface area contributed by atoms with Crippen molar-refractivity contribution in [1.29, 1.82) is 0 Å². The van der Waals surface area contributed by atoms with Gasteiger partial charge in [0, 0.05) is 42.8 Å². The average molecular weight is 620 g/mol. The fourth-order valence-electron chi connectivity index (χ4n) is 7.95. The largest absolute Gasteiger partial charge is 0.276 e. The van der Waals surface area contributed by atoms with Crippen molar-refractivity contribution in [3.8, 4) is 39.6 Å². The lowest BCUT2D eigenvalue weighted by atomic mass is 9.80. The zero-order valence-electron chi connectivity index (χ0n) is 26.0. The van der Waals surface area contributed by atoms with Gasteiger partial charge in [-0.2, -0.15) is 0 Å². The first-order valence-electron chi connectivity index (χ1n) is 16.1. The summed E-state index contributed by atoms with van der Waals surface area (Å²) in [5.41, 5.74) is 11.5. The van der Waals surface area contributed by atoms with Gasteiger partial charge >= 0.3 is 0 Å². The van der Waals surface area contributed by atoms with Crippen LogP contribution in [0, 0.1) is 0 Å². The summed E-state index contributed by atoms with van der Waals surface area (Å²) in [6.45, 7) is 4.79. The van der Waals surface area contributed by atoms with E-state index in [0.29, 0.717) is 5.95 Å². The van der Waals surface area contributed by atoms with Crippen molar-refractivity contribution < 1.29 is 0 Å². The minimum absolute atomic E-state index is 0.157. The first-order valence-corrected chi connectivity index (χ1v) is 16.9. The lowest BCUT2D eigenvalue weighted by Gasteiger charge is -2.23. The first-order chi connectivity index (χ1) is 23.1. The Morgan fingerprint density at radius 2 is 1.19 bits per heavy atom. The Morgan fingerprint density at radius 3 is 1.91 bits per heavy atom. The Labute approximate surface area is 276 Å². The molecule has 0 N–H and O–H groups in total. The van der Waals surface area contributed by atoms with Crippen LogP contribution in [-0.4, -0.2) is 14.5 Å². The van der Waals surface area contributed by atoms with Crippen molar-refractivity contribution in [3.05, 3.63) is 151 Å². The lowest BCUT2D eigenvalue weighted by Crippen LogP contribution is -2.15. The molecule has 0 bridgehead atoms. The van der Waals surface area contributed by atoms with Gasteiger partial charge in [-0.3, -0.25) is 4.57 Å². The number of aromatic nitrogens is 3. The fraction of sp³-hybridized carbons (Fsp3) is 0.0698. The molecule has 47 heavy (non-hydrogen) atoms. The molecule has 3 nitrogen and oxygen atoms in total. The van der Waals surface area contributed by atoms with Gasteiger partial charge in [0.2, 0.25) is 5.95 Å². The first kappa shape index (κ1) is 26.6. The number of hydrogen-bond acceptors (Lipinski definition) is 3. The normalized spacial score (nSPS) is 13.5. The van der Waals surface area contributed by atoms with Gasteiger partial charge in [0.15, 0.2) is 0 Å². The number of para-hydroxylation sites is 1. The summed E-state index contributed by atoms with van der Waals surface area (Å²) >= 11 is 1.89. The fourth-order valence-corrected chi connectivity index (χ4v) is 9.20. The number of fused-ring (bicyclic) bond motifs is 12. The number of thiophene rings is 1. The highest BCUT2D eigenvalue weighted by Crippen LogP contribution is 2.58. The number of rotatable bonds is 3. The molecule has 0 saturated heterocycles. The molecule has 1 aliphatic rings. The summed E-state index contributed by atoms with van der Waals surface area (Å²) in [6, 6.07) is 49.7. The molecule has 0 saturated carbocycles. The monoisotopic (exact) mass is 619 g/mol. The summed E-state index contributed by atoms with van der Waals surface area (Å²) in [6.07, 6.45) is 0. The van der Waals surface area contributed by atoms with Gasteiger partial charge in [0.1, 0.15) is 0 Å². The van der Waals surface area contributed by atoms with Gasteiger partial charge in [-0.1, -0.05) is 135 Å². The molecule has 6 aromatic carbocycles. The van der Waals surface area contributed by atoms with Gasteiger partial charge < -0.3 is 0 Å². The zero-order valence-corrected chi connectivity index (χ0v) is 26.8. The number of benzene rings is 6. The second kappa shape index (κ2) is 9.71. The van der Waals surface area contributed by atoms with Crippen LogP contribution >= 0.6 is 11.3 Å². The molecule has 10 rings (SSSR count). The van der Waals surface area contributed by atoms with Gasteiger partial charge in [0.25, 0.3) is 0 Å². The number of nitrogens with zero attached hydrogens (tertiary/aromatic N) is 3. The second-order valence-corrected chi connectivity index (χ2v) is 14.0. The van der Waals surface area contributed by atoms with Crippen LogP contribution < -0.4 is 0 Å². The predicted octanol–water partition coefficient (Wildman–Crippen LogP) is 11.6. The molecule has 9 aromatic rings. The third-order valence-corrected chi connectivity index (χ3v) is 11.2. The van der Waals surface area contributed by atoms with Crippen LogP contribution in [0.1, 0.15) is 25.0 Å². The molecule has 3 aromatic heterocycles. The van der Waals surface area contributed by atoms with Crippen molar-refractivity contribution >= 4 is 53.3 Å². The van der Waals surface area contributed by atoms with E-state index in [0.717, 1.165) is 28.0 Å². The van der Waals surface area contributed by atoms with Crippen LogP contribution in [0.4, 0.5) is 0 Å². The average Bonchev–Trinajstić information content (AvgIpc) is 3.75. The van der Waals surface area contributed by atoms with Crippen LogP contribution in [0.15, 0.2) is 140 Å². The third-order valence-electron chi connectivity index (χ3n) is 9.98. The van der Waals surface area contributed by atoms with Crippen LogP contribution in [-0.2, 0) is 5.41 Å². The van der Waals surface area contributed by atoms with E-state index in [2.05, 4.69) is 158 Å². The minimum atomic E-state index is -0.157. The molecule has 4 heteroatoms. The molecule has 0 radical (unpaired) electrons. The van der Waals surface area contributed by atoms with Crippen molar-refractivity contribution in [3.63, 3.8) is 0 Å². The predicted molar refractivity (Wildman–Crippen MR) is 198 cm³/mol. The van der Waals surface area contributed by atoms with Gasteiger partial charge in [-0.25, -0.2) is 9.97 Å². The molecule has 222 valence electrons. The van der Waals surface area contributed by atoms with E-state index in [9.17, 15) is 0 Å². The second-order valence-electron chi connectivity index (χ2n) is 13.0.